The lowest BCUT2D eigenvalue weighted by atomic mass is 9.96. The smallest absolute Gasteiger partial charge is 0.338 e. The van der Waals surface area contributed by atoms with Crippen molar-refractivity contribution in [2.45, 2.75) is 39.5 Å². The molecule has 0 N–H and O–H groups in total. The maximum atomic E-state index is 13.8. The molecule has 1 aliphatic heterocycles. The average molecular weight is 555 g/mol. The van der Waals surface area contributed by atoms with E-state index < -0.39 is 12.0 Å². The van der Waals surface area contributed by atoms with Crippen LogP contribution in [0.25, 0.3) is 6.08 Å². The summed E-state index contributed by atoms with van der Waals surface area (Å²) in [6.07, 6.45) is 1.52. The van der Waals surface area contributed by atoms with Gasteiger partial charge in [-0.25, -0.2) is 9.79 Å². The highest BCUT2D eigenvalue weighted by atomic mass is 32.1. The number of thiazole rings is 1. The van der Waals surface area contributed by atoms with Crippen molar-refractivity contribution in [2.24, 2.45) is 4.99 Å². The molecule has 5 rings (SSSR count). The Bertz CT molecular complexity index is 1720. The lowest BCUT2D eigenvalue weighted by Crippen LogP contribution is -2.40. The van der Waals surface area contributed by atoms with Crippen molar-refractivity contribution in [1.29, 1.82) is 0 Å². The van der Waals surface area contributed by atoms with Crippen LogP contribution in [0.5, 0.6) is 11.5 Å². The highest BCUT2D eigenvalue weighted by Gasteiger charge is 2.33. The van der Waals surface area contributed by atoms with Gasteiger partial charge in [0.15, 0.2) is 4.80 Å². The molecule has 8 heteroatoms. The zero-order chi connectivity index (χ0) is 28.2. The minimum Gasteiger partial charge on any atom is -0.497 e. The number of benzene rings is 3. The summed E-state index contributed by atoms with van der Waals surface area (Å²) in [4.78, 5) is 32.2. The number of hydrogen-bond acceptors (Lipinski definition) is 7. The topological polar surface area (TPSA) is 79.1 Å². The van der Waals surface area contributed by atoms with Crippen LogP contribution in [0.1, 0.15) is 43.5 Å². The van der Waals surface area contributed by atoms with E-state index in [1.807, 2.05) is 84.9 Å². The highest BCUT2D eigenvalue weighted by molar-refractivity contribution is 7.07. The fourth-order valence-electron chi connectivity index (χ4n) is 4.51. The SMILES string of the molecule is COc1ccc(C2C(C(=O)OC(C)C)=C(C)N=c3s/c(=C\c4ccc(OCc5ccccc5)cc4)c(=O)n32)cc1. The molecule has 204 valence electrons. The predicted octanol–water partition coefficient (Wildman–Crippen LogP) is 4.77. The molecule has 1 aliphatic rings. The molecule has 0 aliphatic carbocycles. The maximum absolute atomic E-state index is 13.8. The van der Waals surface area contributed by atoms with Crippen LogP contribution < -0.4 is 24.4 Å². The van der Waals surface area contributed by atoms with Crippen LogP contribution in [-0.2, 0) is 16.1 Å². The van der Waals surface area contributed by atoms with Crippen LogP contribution in [0.4, 0.5) is 0 Å². The number of rotatable bonds is 8. The Kier molecular flexibility index (Phi) is 7.98. The molecule has 3 aromatic carbocycles. The van der Waals surface area contributed by atoms with Gasteiger partial charge in [0.05, 0.1) is 35.1 Å². The fourth-order valence-corrected chi connectivity index (χ4v) is 5.56. The summed E-state index contributed by atoms with van der Waals surface area (Å²) in [7, 11) is 1.59. The standard InChI is InChI=1S/C32H30N2O5S/c1-20(2)39-31(36)28-21(3)33-32-34(29(28)24-12-16-25(37-4)17-13-24)30(35)27(40-32)18-22-10-14-26(15-11-22)38-19-23-8-6-5-7-9-23/h5-18,20,29H,19H2,1-4H3/b27-18-. The molecule has 40 heavy (non-hydrogen) atoms. The summed E-state index contributed by atoms with van der Waals surface area (Å²) in [5, 5.41) is 0. The largest absolute Gasteiger partial charge is 0.497 e. The van der Waals surface area contributed by atoms with E-state index in [4.69, 9.17) is 14.2 Å². The fraction of sp³-hybridized carbons (Fsp3) is 0.219. The Morgan fingerprint density at radius 3 is 2.33 bits per heavy atom. The Morgan fingerprint density at radius 2 is 1.68 bits per heavy atom. The third-order valence-electron chi connectivity index (χ3n) is 6.44. The second-order valence-electron chi connectivity index (χ2n) is 9.65. The molecule has 7 nitrogen and oxygen atoms in total. The average Bonchev–Trinajstić information content (AvgIpc) is 3.26. The zero-order valence-electron chi connectivity index (χ0n) is 22.8. The molecule has 2 heterocycles. The van der Waals surface area contributed by atoms with E-state index in [9.17, 15) is 9.59 Å². The first-order chi connectivity index (χ1) is 19.3. The Morgan fingerprint density at radius 1 is 1.00 bits per heavy atom. The molecule has 0 bridgehead atoms. The second kappa shape index (κ2) is 11.8. The summed E-state index contributed by atoms with van der Waals surface area (Å²) in [6.45, 7) is 5.84. The van der Waals surface area contributed by atoms with Gasteiger partial charge in [-0.1, -0.05) is 65.9 Å². The number of methoxy groups -OCH3 is 1. The molecular formula is C32H30N2O5S. The van der Waals surface area contributed by atoms with Crippen molar-refractivity contribution in [3.05, 3.63) is 127 Å². The lowest BCUT2D eigenvalue weighted by Gasteiger charge is -2.25. The van der Waals surface area contributed by atoms with E-state index >= 15 is 0 Å². The van der Waals surface area contributed by atoms with Crippen LogP contribution in [0.15, 0.2) is 99.9 Å². The van der Waals surface area contributed by atoms with E-state index in [0.29, 0.717) is 33.0 Å². The van der Waals surface area contributed by atoms with Crippen LogP contribution in [0.3, 0.4) is 0 Å². The molecule has 0 radical (unpaired) electrons. The summed E-state index contributed by atoms with van der Waals surface area (Å²) < 4.78 is 18.9. The van der Waals surface area contributed by atoms with Gasteiger partial charge < -0.3 is 14.2 Å². The Balaban J connectivity index is 1.51. The van der Waals surface area contributed by atoms with Crippen LogP contribution in [-0.4, -0.2) is 23.8 Å². The number of nitrogens with zero attached hydrogens (tertiary/aromatic N) is 2. The van der Waals surface area contributed by atoms with Gasteiger partial charge in [0.1, 0.15) is 18.1 Å². The minimum absolute atomic E-state index is 0.226. The first kappa shape index (κ1) is 27.1. The number of ether oxygens (including phenoxy) is 3. The van der Waals surface area contributed by atoms with Gasteiger partial charge in [0.2, 0.25) is 0 Å². The molecule has 1 unspecified atom stereocenters. The van der Waals surface area contributed by atoms with Crippen molar-refractivity contribution in [2.75, 3.05) is 7.11 Å². The Labute approximate surface area is 236 Å². The summed E-state index contributed by atoms with van der Waals surface area (Å²) in [5.74, 6) is 0.933. The third-order valence-corrected chi connectivity index (χ3v) is 7.43. The number of fused-ring (bicyclic) bond motifs is 1. The molecule has 4 aromatic rings. The molecule has 0 amide bonds. The van der Waals surface area contributed by atoms with Crippen molar-refractivity contribution in [3.63, 3.8) is 0 Å². The normalized spacial score (nSPS) is 15.0. The van der Waals surface area contributed by atoms with E-state index in [1.165, 1.54) is 11.3 Å². The van der Waals surface area contributed by atoms with E-state index in [2.05, 4.69) is 4.99 Å². The van der Waals surface area contributed by atoms with Crippen molar-refractivity contribution in [1.82, 2.24) is 4.57 Å². The Hall–Kier alpha value is -4.43. The molecule has 1 aromatic heterocycles. The predicted molar refractivity (Wildman–Crippen MR) is 155 cm³/mol. The monoisotopic (exact) mass is 554 g/mol. The minimum atomic E-state index is -0.677. The molecule has 0 saturated heterocycles. The number of hydrogen-bond donors (Lipinski definition) is 0. The van der Waals surface area contributed by atoms with Crippen LogP contribution >= 0.6 is 11.3 Å². The number of allylic oxidation sites excluding steroid dienone is 1. The summed E-state index contributed by atoms with van der Waals surface area (Å²) >= 11 is 1.29. The zero-order valence-corrected chi connectivity index (χ0v) is 23.6. The van der Waals surface area contributed by atoms with Gasteiger partial charge in [-0.2, -0.15) is 0 Å². The van der Waals surface area contributed by atoms with Crippen molar-refractivity contribution in [3.8, 4) is 11.5 Å². The first-order valence-corrected chi connectivity index (χ1v) is 13.8. The molecule has 0 saturated carbocycles. The van der Waals surface area contributed by atoms with Gasteiger partial charge in [0.25, 0.3) is 5.56 Å². The number of esters is 1. The number of carbonyl (C=O) groups is 1. The van der Waals surface area contributed by atoms with Gasteiger partial charge in [0, 0.05) is 0 Å². The van der Waals surface area contributed by atoms with Gasteiger partial charge in [-0.05, 0) is 67.8 Å². The van der Waals surface area contributed by atoms with E-state index in [0.717, 1.165) is 22.4 Å². The van der Waals surface area contributed by atoms with Crippen molar-refractivity contribution < 1.29 is 19.0 Å². The van der Waals surface area contributed by atoms with Gasteiger partial charge in [-0.3, -0.25) is 9.36 Å². The molecule has 0 spiro atoms. The third kappa shape index (κ3) is 5.77. The first-order valence-electron chi connectivity index (χ1n) is 13.0. The highest BCUT2D eigenvalue weighted by Crippen LogP contribution is 2.32. The lowest BCUT2D eigenvalue weighted by molar-refractivity contribution is -0.143. The molecular weight excluding hydrogens is 524 g/mol. The number of aromatic nitrogens is 1. The molecule has 1 atom stereocenters. The van der Waals surface area contributed by atoms with Gasteiger partial charge >= 0.3 is 5.97 Å². The summed E-state index contributed by atoms with van der Waals surface area (Å²) in [5.41, 5.74) is 3.35. The van der Waals surface area contributed by atoms with Crippen LogP contribution in [0, 0.1) is 0 Å². The van der Waals surface area contributed by atoms with Crippen molar-refractivity contribution >= 4 is 23.4 Å². The van der Waals surface area contributed by atoms with E-state index in [-0.39, 0.29) is 11.7 Å². The van der Waals surface area contributed by atoms with Crippen LogP contribution in [0.2, 0.25) is 0 Å². The second-order valence-corrected chi connectivity index (χ2v) is 10.7. The summed E-state index contributed by atoms with van der Waals surface area (Å²) in [6, 6.07) is 24.2. The number of carbonyl (C=O) groups excluding carboxylic acids is 1. The molecule has 0 fully saturated rings. The maximum Gasteiger partial charge on any atom is 0.338 e. The van der Waals surface area contributed by atoms with E-state index in [1.54, 1.807) is 32.4 Å². The quantitative estimate of drug-likeness (QED) is 0.293. The van der Waals surface area contributed by atoms with Gasteiger partial charge in [-0.15, -0.1) is 0 Å².